The van der Waals surface area contributed by atoms with E-state index in [4.69, 9.17) is 0 Å². The van der Waals surface area contributed by atoms with Gasteiger partial charge in [-0.15, -0.1) is 0 Å². The summed E-state index contributed by atoms with van der Waals surface area (Å²) in [7, 11) is 4.35. The molecule has 1 saturated heterocycles. The zero-order valence-electron chi connectivity index (χ0n) is 16.3. The summed E-state index contributed by atoms with van der Waals surface area (Å²) >= 11 is 0. The highest BCUT2D eigenvalue weighted by molar-refractivity contribution is 5.78. The van der Waals surface area contributed by atoms with E-state index >= 15 is 0 Å². The molecule has 1 aromatic heterocycles. The molecule has 1 aliphatic carbocycles. The maximum Gasteiger partial charge on any atom is 0.318 e. The van der Waals surface area contributed by atoms with Gasteiger partial charge in [-0.2, -0.15) is 0 Å². The van der Waals surface area contributed by atoms with E-state index in [-0.39, 0.29) is 17.1 Å². The smallest absolute Gasteiger partial charge is 0.318 e. The van der Waals surface area contributed by atoms with Crippen LogP contribution in [0, 0.1) is 0 Å². The molecule has 0 atom stereocenters. The number of benzene rings is 1. The Kier molecular flexibility index (Phi) is 4.68. The number of rotatable bonds is 5. The minimum absolute atomic E-state index is 0.0570. The standard InChI is InChI=1S/C21H29N5O/c1-24(2)21(18-6-4-3-5-7-18)10-8-20(9-11-21)16-26(19(27)23-20)15-14-25-13-12-22-17-25/h3-7,12-13,17H,8-11,14-16H2,1-2H3,(H,23,27)/t20-,21-. The summed E-state index contributed by atoms with van der Waals surface area (Å²) in [5.41, 5.74) is 1.35. The van der Waals surface area contributed by atoms with Crippen LogP contribution >= 0.6 is 0 Å². The van der Waals surface area contributed by atoms with Crippen LogP contribution in [0.5, 0.6) is 0 Å². The van der Waals surface area contributed by atoms with Gasteiger partial charge in [0.25, 0.3) is 0 Å². The minimum atomic E-state index is -0.0830. The highest BCUT2D eigenvalue weighted by Gasteiger charge is 2.49. The fourth-order valence-corrected chi connectivity index (χ4v) is 4.79. The van der Waals surface area contributed by atoms with Gasteiger partial charge in [0, 0.05) is 37.6 Å². The molecule has 144 valence electrons. The van der Waals surface area contributed by atoms with Crippen LogP contribution in [0.3, 0.4) is 0 Å². The Hall–Kier alpha value is -2.34. The summed E-state index contributed by atoms with van der Waals surface area (Å²) in [6.07, 6.45) is 9.64. The number of hydrogen-bond donors (Lipinski definition) is 1. The molecule has 2 aromatic rings. The molecule has 0 unspecified atom stereocenters. The lowest BCUT2D eigenvalue weighted by atomic mass is 9.69. The highest BCUT2D eigenvalue weighted by Crippen LogP contribution is 2.45. The van der Waals surface area contributed by atoms with Gasteiger partial charge in [-0.3, -0.25) is 4.90 Å². The van der Waals surface area contributed by atoms with Crippen LogP contribution in [0.25, 0.3) is 0 Å². The molecule has 1 aliphatic heterocycles. The van der Waals surface area contributed by atoms with Gasteiger partial charge in [0.2, 0.25) is 0 Å². The molecular weight excluding hydrogens is 338 g/mol. The lowest BCUT2D eigenvalue weighted by Gasteiger charge is -2.48. The van der Waals surface area contributed by atoms with Gasteiger partial charge in [-0.05, 0) is 45.3 Å². The summed E-state index contributed by atoms with van der Waals surface area (Å²) in [5.74, 6) is 0. The van der Waals surface area contributed by atoms with Crippen molar-refractivity contribution in [3.8, 4) is 0 Å². The minimum Gasteiger partial charge on any atom is -0.336 e. The molecule has 2 aliphatic rings. The van der Waals surface area contributed by atoms with Crippen molar-refractivity contribution in [2.75, 3.05) is 27.2 Å². The van der Waals surface area contributed by atoms with Crippen molar-refractivity contribution < 1.29 is 4.79 Å². The number of aromatic nitrogens is 2. The molecule has 2 amide bonds. The fraction of sp³-hybridized carbons (Fsp3) is 0.524. The molecular formula is C21H29N5O. The Morgan fingerprint density at radius 3 is 2.48 bits per heavy atom. The third kappa shape index (κ3) is 3.34. The van der Waals surface area contributed by atoms with Crippen LogP contribution in [-0.2, 0) is 12.1 Å². The van der Waals surface area contributed by atoms with Crippen LogP contribution in [-0.4, -0.2) is 58.1 Å². The highest BCUT2D eigenvalue weighted by atomic mass is 16.2. The Labute approximate surface area is 161 Å². The molecule has 0 radical (unpaired) electrons. The maximum absolute atomic E-state index is 12.6. The number of nitrogens with one attached hydrogen (secondary N) is 1. The van der Waals surface area contributed by atoms with E-state index < -0.39 is 0 Å². The molecule has 1 saturated carbocycles. The quantitative estimate of drug-likeness (QED) is 0.884. The van der Waals surface area contributed by atoms with Gasteiger partial charge in [-0.25, -0.2) is 9.78 Å². The topological polar surface area (TPSA) is 53.4 Å². The second-order valence-electron chi connectivity index (χ2n) is 8.22. The number of carbonyl (C=O) groups is 1. The molecule has 6 nitrogen and oxygen atoms in total. The van der Waals surface area contributed by atoms with Gasteiger partial charge in [0.1, 0.15) is 0 Å². The molecule has 2 fully saturated rings. The van der Waals surface area contributed by atoms with Crippen molar-refractivity contribution in [1.29, 1.82) is 0 Å². The molecule has 2 heterocycles. The zero-order valence-corrected chi connectivity index (χ0v) is 16.3. The zero-order chi connectivity index (χ0) is 18.9. The third-order valence-corrected chi connectivity index (χ3v) is 6.54. The Morgan fingerprint density at radius 1 is 1.11 bits per heavy atom. The van der Waals surface area contributed by atoms with E-state index in [2.05, 4.69) is 59.6 Å². The summed E-state index contributed by atoms with van der Waals surface area (Å²) in [6.45, 7) is 2.31. The summed E-state index contributed by atoms with van der Waals surface area (Å²) in [5, 5.41) is 3.32. The van der Waals surface area contributed by atoms with Crippen LogP contribution < -0.4 is 5.32 Å². The second-order valence-corrected chi connectivity index (χ2v) is 8.22. The van der Waals surface area contributed by atoms with Crippen LogP contribution in [0.15, 0.2) is 49.1 Å². The van der Waals surface area contributed by atoms with E-state index in [0.717, 1.165) is 45.3 Å². The van der Waals surface area contributed by atoms with E-state index in [0.29, 0.717) is 0 Å². The van der Waals surface area contributed by atoms with Crippen molar-refractivity contribution in [1.82, 2.24) is 24.7 Å². The van der Waals surface area contributed by atoms with Gasteiger partial charge in [-0.1, -0.05) is 30.3 Å². The summed E-state index contributed by atoms with van der Waals surface area (Å²) in [4.78, 5) is 20.9. The summed E-state index contributed by atoms with van der Waals surface area (Å²) < 4.78 is 2.02. The monoisotopic (exact) mass is 367 g/mol. The predicted molar refractivity (Wildman–Crippen MR) is 105 cm³/mol. The average Bonchev–Trinajstić information content (AvgIpc) is 3.29. The molecule has 1 spiro atoms. The largest absolute Gasteiger partial charge is 0.336 e. The molecule has 4 rings (SSSR count). The number of urea groups is 1. The first-order chi connectivity index (χ1) is 13.0. The van der Waals surface area contributed by atoms with Gasteiger partial charge in [0.15, 0.2) is 0 Å². The Bertz CT molecular complexity index is 763. The fourth-order valence-electron chi connectivity index (χ4n) is 4.79. The SMILES string of the molecule is CN(C)[C@]1(c2ccccc2)CC[C@@]2(CC1)CN(CCn1ccnc1)C(=O)N2. The maximum atomic E-state index is 12.6. The van der Waals surface area contributed by atoms with Gasteiger partial charge in [0.05, 0.1) is 11.9 Å². The lowest BCUT2D eigenvalue weighted by Crippen LogP contribution is -2.54. The number of amides is 2. The number of imidazole rings is 1. The van der Waals surface area contributed by atoms with Crippen molar-refractivity contribution in [3.63, 3.8) is 0 Å². The number of nitrogens with zero attached hydrogens (tertiary/aromatic N) is 4. The van der Waals surface area contributed by atoms with Crippen molar-refractivity contribution in [3.05, 3.63) is 54.6 Å². The summed E-state index contributed by atoms with van der Waals surface area (Å²) in [6, 6.07) is 10.9. The first-order valence-corrected chi connectivity index (χ1v) is 9.79. The van der Waals surface area contributed by atoms with Crippen LogP contribution in [0.4, 0.5) is 4.79 Å². The van der Waals surface area contributed by atoms with Crippen molar-refractivity contribution >= 4 is 6.03 Å². The normalized spacial score (nSPS) is 28.1. The number of carbonyl (C=O) groups excluding carboxylic acids is 1. The predicted octanol–water partition coefficient (Wildman–Crippen LogP) is 2.68. The van der Waals surface area contributed by atoms with Crippen LogP contribution in [0.1, 0.15) is 31.2 Å². The van der Waals surface area contributed by atoms with Gasteiger partial charge >= 0.3 is 6.03 Å². The average molecular weight is 367 g/mol. The van der Waals surface area contributed by atoms with Crippen LogP contribution in [0.2, 0.25) is 0 Å². The van der Waals surface area contributed by atoms with E-state index in [1.807, 2.05) is 15.7 Å². The molecule has 27 heavy (non-hydrogen) atoms. The Balaban J connectivity index is 1.44. The molecule has 6 heteroatoms. The lowest BCUT2D eigenvalue weighted by molar-refractivity contribution is 0.0619. The number of hydrogen-bond acceptors (Lipinski definition) is 3. The third-order valence-electron chi connectivity index (χ3n) is 6.54. The van der Waals surface area contributed by atoms with Crippen molar-refractivity contribution in [2.24, 2.45) is 0 Å². The molecule has 1 N–H and O–H groups in total. The van der Waals surface area contributed by atoms with Crippen molar-refractivity contribution in [2.45, 2.75) is 43.3 Å². The Morgan fingerprint density at radius 2 is 1.85 bits per heavy atom. The first kappa shape index (κ1) is 18.0. The van der Waals surface area contributed by atoms with Gasteiger partial charge < -0.3 is 14.8 Å². The first-order valence-electron chi connectivity index (χ1n) is 9.79. The van der Waals surface area contributed by atoms with E-state index in [1.165, 1.54) is 5.56 Å². The second kappa shape index (κ2) is 7.00. The van der Waals surface area contributed by atoms with E-state index in [1.54, 1.807) is 12.5 Å². The van der Waals surface area contributed by atoms with E-state index in [9.17, 15) is 4.79 Å². The molecule has 0 bridgehead atoms. The molecule has 1 aromatic carbocycles.